The van der Waals surface area contributed by atoms with Gasteiger partial charge in [-0.25, -0.2) is 0 Å². The van der Waals surface area contributed by atoms with Gasteiger partial charge >= 0.3 is 6.18 Å². The third-order valence-electron chi connectivity index (χ3n) is 3.05. The summed E-state index contributed by atoms with van der Waals surface area (Å²) >= 11 is 5.96. The van der Waals surface area contributed by atoms with E-state index >= 15 is 0 Å². The van der Waals surface area contributed by atoms with E-state index in [9.17, 15) is 13.2 Å². The Morgan fingerprint density at radius 3 is 2.55 bits per heavy atom. The molecule has 22 heavy (non-hydrogen) atoms. The van der Waals surface area contributed by atoms with Gasteiger partial charge in [0.1, 0.15) is 12.4 Å². The fraction of sp³-hybridized carbons (Fsp3) is 0.250. The molecule has 0 amide bonds. The smallest absolute Gasteiger partial charge is 0.416 e. The van der Waals surface area contributed by atoms with Crippen molar-refractivity contribution in [2.45, 2.75) is 12.6 Å². The molecule has 0 aliphatic heterocycles. The number of halogens is 4. The lowest BCUT2D eigenvalue weighted by atomic mass is 10.0. The fourth-order valence-corrected chi connectivity index (χ4v) is 2.27. The molecule has 0 atom stereocenters. The Kier molecular flexibility index (Phi) is 5.32. The van der Waals surface area contributed by atoms with Gasteiger partial charge < -0.3 is 10.5 Å². The maximum absolute atomic E-state index is 12.8. The van der Waals surface area contributed by atoms with Gasteiger partial charge in [0.15, 0.2) is 0 Å². The zero-order chi connectivity index (χ0) is 16.2. The van der Waals surface area contributed by atoms with Crippen molar-refractivity contribution in [1.29, 1.82) is 0 Å². The maximum Gasteiger partial charge on any atom is 0.416 e. The lowest BCUT2D eigenvalue weighted by Crippen LogP contribution is -2.11. The molecule has 0 bridgehead atoms. The molecule has 118 valence electrons. The van der Waals surface area contributed by atoms with Gasteiger partial charge in [-0.2, -0.15) is 13.2 Å². The average Bonchev–Trinajstić information content (AvgIpc) is 2.46. The molecule has 0 unspecified atom stereocenters. The number of rotatable bonds is 5. The Morgan fingerprint density at radius 1 is 1.09 bits per heavy atom. The second kappa shape index (κ2) is 7.03. The minimum atomic E-state index is -4.36. The molecule has 0 heterocycles. The van der Waals surface area contributed by atoms with Crippen molar-refractivity contribution in [3.63, 3.8) is 0 Å². The third-order valence-corrected chi connectivity index (χ3v) is 3.28. The van der Waals surface area contributed by atoms with Crippen molar-refractivity contribution in [2.24, 2.45) is 5.73 Å². The summed E-state index contributed by atoms with van der Waals surface area (Å²) in [5, 5.41) is 0.502. The molecule has 0 aromatic heterocycles. The van der Waals surface area contributed by atoms with Crippen LogP contribution in [0.15, 0.2) is 42.5 Å². The van der Waals surface area contributed by atoms with Crippen molar-refractivity contribution in [3.8, 4) is 5.75 Å². The average molecular weight is 330 g/mol. The van der Waals surface area contributed by atoms with Crippen LogP contribution in [0.3, 0.4) is 0 Å². The summed E-state index contributed by atoms with van der Waals surface area (Å²) < 4.78 is 43.8. The van der Waals surface area contributed by atoms with E-state index in [-0.39, 0.29) is 0 Å². The van der Waals surface area contributed by atoms with Gasteiger partial charge in [0.2, 0.25) is 0 Å². The number of hydrogen-bond acceptors (Lipinski definition) is 2. The van der Waals surface area contributed by atoms with Crippen LogP contribution in [0.2, 0.25) is 5.02 Å². The first-order valence-corrected chi connectivity index (χ1v) is 7.05. The monoisotopic (exact) mass is 329 g/mol. The standard InChI is InChI=1S/C16H15ClF3NO/c17-14-4-5-15(22-7-6-21)12(10-14)8-11-2-1-3-13(9-11)16(18,19)20/h1-5,9-10H,6-8,21H2. The Morgan fingerprint density at radius 2 is 1.86 bits per heavy atom. The van der Waals surface area contributed by atoms with E-state index in [4.69, 9.17) is 22.1 Å². The normalized spacial score (nSPS) is 11.5. The SMILES string of the molecule is NCCOc1ccc(Cl)cc1Cc1cccc(C(F)(F)F)c1. The van der Waals surface area contributed by atoms with Crippen LogP contribution in [0, 0.1) is 0 Å². The topological polar surface area (TPSA) is 35.2 Å². The first-order chi connectivity index (χ1) is 10.4. The second-order valence-electron chi connectivity index (χ2n) is 4.76. The fourth-order valence-electron chi connectivity index (χ4n) is 2.07. The highest BCUT2D eigenvalue weighted by molar-refractivity contribution is 6.30. The summed E-state index contributed by atoms with van der Waals surface area (Å²) in [6.07, 6.45) is -4.06. The highest BCUT2D eigenvalue weighted by atomic mass is 35.5. The minimum absolute atomic E-state index is 0.296. The number of ether oxygens (including phenoxy) is 1. The quantitative estimate of drug-likeness (QED) is 0.888. The molecule has 2 N–H and O–H groups in total. The molecule has 2 rings (SSSR count). The zero-order valence-corrected chi connectivity index (χ0v) is 12.4. The van der Waals surface area contributed by atoms with Gasteiger partial charge in [-0.15, -0.1) is 0 Å². The molecular weight excluding hydrogens is 315 g/mol. The van der Waals surface area contributed by atoms with E-state index in [1.807, 2.05) is 0 Å². The molecule has 2 aromatic rings. The van der Waals surface area contributed by atoms with Crippen LogP contribution in [0.1, 0.15) is 16.7 Å². The predicted octanol–water partition coefficient (Wildman–Crippen LogP) is 4.29. The summed E-state index contributed by atoms with van der Waals surface area (Å²) in [4.78, 5) is 0. The number of benzene rings is 2. The molecule has 6 heteroatoms. The molecule has 0 aliphatic rings. The van der Waals surface area contributed by atoms with Crippen LogP contribution in [-0.2, 0) is 12.6 Å². The van der Waals surface area contributed by atoms with Crippen molar-refractivity contribution in [2.75, 3.05) is 13.2 Å². The van der Waals surface area contributed by atoms with Gasteiger partial charge in [0.05, 0.1) is 5.56 Å². The lowest BCUT2D eigenvalue weighted by molar-refractivity contribution is -0.137. The Balaban J connectivity index is 2.28. The lowest BCUT2D eigenvalue weighted by Gasteiger charge is -2.13. The van der Waals surface area contributed by atoms with Gasteiger partial charge in [0, 0.05) is 18.0 Å². The van der Waals surface area contributed by atoms with Crippen LogP contribution < -0.4 is 10.5 Å². The minimum Gasteiger partial charge on any atom is -0.492 e. The molecule has 0 saturated carbocycles. The molecule has 0 spiro atoms. The van der Waals surface area contributed by atoms with Crippen molar-refractivity contribution in [3.05, 3.63) is 64.2 Å². The van der Waals surface area contributed by atoms with E-state index in [0.29, 0.717) is 35.9 Å². The Bertz CT molecular complexity index is 644. The molecule has 2 nitrogen and oxygen atoms in total. The van der Waals surface area contributed by atoms with Crippen molar-refractivity contribution in [1.82, 2.24) is 0 Å². The number of hydrogen-bond donors (Lipinski definition) is 1. The highest BCUT2D eigenvalue weighted by Crippen LogP contribution is 2.31. The third kappa shape index (κ3) is 4.39. The van der Waals surface area contributed by atoms with Crippen molar-refractivity contribution < 1.29 is 17.9 Å². The largest absolute Gasteiger partial charge is 0.492 e. The molecule has 0 saturated heterocycles. The van der Waals surface area contributed by atoms with Gasteiger partial charge in [-0.05, 0) is 35.4 Å². The van der Waals surface area contributed by atoms with Crippen LogP contribution in [0.25, 0.3) is 0 Å². The summed E-state index contributed by atoms with van der Waals surface area (Å²) in [5.74, 6) is 0.576. The summed E-state index contributed by atoms with van der Waals surface area (Å²) in [6, 6.07) is 10.3. The molecule has 2 aromatic carbocycles. The number of nitrogens with two attached hydrogens (primary N) is 1. The van der Waals surface area contributed by atoms with E-state index in [1.54, 1.807) is 24.3 Å². The van der Waals surface area contributed by atoms with E-state index in [1.165, 1.54) is 6.07 Å². The van der Waals surface area contributed by atoms with Gasteiger partial charge in [0.25, 0.3) is 0 Å². The van der Waals surface area contributed by atoms with Gasteiger partial charge in [-0.1, -0.05) is 29.8 Å². The highest BCUT2D eigenvalue weighted by Gasteiger charge is 2.30. The Hall–Kier alpha value is -1.72. The molecule has 0 radical (unpaired) electrons. The van der Waals surface area contributed by atoms with Crippen LogP contribution >= 0.6 is 11.6 Å². The molecule has 0 fully saturated rings. The maximum atomic E-state index is 12.8. The Labute approximate surface area is 131 Å². The van der Waals surface area contributed by atoms with E-state index < -0.39 is 11.7 Å². The van der Waals surface area contributed by atoms with E-state index in [0.717, 1.165) is 17.7 Å². The summed E-state index contributed by atoms with van der Waals surface area (Å²) in [5.41, 5.74) is 5.99. The first-order valence-electron chi connectivity index (χ1n) is 6.67. The summed E-state index contributed by atoms with van der Waals surface area (Å²) in [6.45, 7) is 0.683. The zero-order valence-electron chi connectivity index (χ0n) is 11.7. The van der Waals surface area contributed by atoms with Crippen LogP contribution in [-0.4, -0.2) is 13.2 Å². The van der Waals surface area contributed by atoms with Crippen LogP contribution in [0.5, 0.6) is 5.75 Å². The number of alkyl halides is 3. The first kappa shape index (κ1) is 16.6. The predicted molar refractivity (Wildman–Crippen MR) is 80.3 cm³/mol. The van der Waals surface area contributed by atoms with Crippen molar-refractivity contribution >= 4 is 11.6 Å². The molecule has 0 aliphatic carbocycles. The van der Waals surface area contributed by atoms with Gasteiger partial charge in [-0.3, -0.25) is 0 Å². The van der Waals surface area contributed by atoms with Crippen LogP contribution in [0.4, 0.5) is 13.2 Å². The second-order valence-corrected chi connectivity index (χ2v) is 5.20. The molecular formula is C16H15ClF3NO. The van der Waals surface area contributed by atoms with E-state index in [2.05, 4.69) is 0 Å². The summed E-state index contributed by atoms with van der Waals surface area (Å²) in [7, 11) is 0.